The molecule has 52 valence electrons. The molecule has 3 nitrogen and oxygen atoms in total. The van der Waals surface area contributed by atoms with Gasteiger partial charge in [-0.1, -0.05) is 6.58 Å². The van der Waals surface area contributed by atoms with Crippen LogP contribution in [0.1, 0.15) is 0 Å². The van der Waals surface area contributed by atoms with Crippen LogP contribution in [0.4, 0.5) is 0 Å². The number of carbonyl (C=O) groups is 1. The third kappa shape index (κ3) is 5.25. The van der Waals surface area contributed by atoms with Crippen LogP contribution in [0.3, 0.4) is 0 Å². The molecule has 0 heterocycles. The van der Waals surface area contributed by atoms with Gasteiger partial charge in [-0.2, -0.15) is 0 Å². The van der Waals surface area contributed by atoms with Gasteiger partial charge in [-0.15, -0.1) is 0 Å². The van der Waals surface area contributed by atoms with Gasteiger partial charge in [0, 0.05) is 6.08 Å². The molecule has 0 saturated heterocycles. The molecule has 0 fully saturated rings. The van der Waals surface area contributed by atoms with E-state index in [1.54, 1.807) is 0 Å². The normalized spacial score (nSPS) is 10.6. The van der Waals surface area contributed by atoms with Crippen molar-refractivity contribution in [2.45, 2.75) is 13.1 Å². The Morgan fingerprint density at radius 3 is 2.33 bits per heavy atom. The zero-order valence-electron chi connectivity index (χ0n) is 5.55. The summed E-state index contributed by atoms with van der Waals surface area (Å²) in [6, 6.07) is 0. The Bertz CT molecular complexity index is 125. The molecule has 0 radical (unpaired) electrons. The van der Waals surface area contributed by atoms with Gasteiger partial charge in [-0.25, -0.2) is 4.79 Å². The molecule has 0 aromatic heterocycles. The summed E-state index contributed by atoms with van der Waals surface area (Å²) in [4.78, 5) is 19.3. The first kappa shape index (κ1) is 8.39. The molecule has 0 aromatic rings. The molecule has 0 saturated carbocycles. The predicted molar refractivity (Wildman–Crippen MR) is 36.0 cm³/mol. The van der Waals surface area contributed by atoms with Crippen LogP contribution in [0.25, 0.3) is 0 Å². The topological polar surface area (TPSA) is 46.5 Å². The molecule has 0 aliphatic carbocycles. The van der Waals surface area contributed by atoms with Crippen molar-refractivity contribution in [2.75, 3.05) is 0 Å². The summed E-state index contributed by atoms with van der Waals surface area (Å²) in [7, 11) is -2.66. The number of hydrogen-bond acceptors (Lipinski definition) is 3. The maximum absolute atomic E-state index is 10.4. The lowest BCUT2D eigenvalue weighted by Crippen LogP contribution is -2.32. The minimum Gasteiger partial charge on any atom is -0.491 e. The van der Waals surface area contributed by atoms with E-state index in [1.165, 1.54) is 13.1 Å². The molecule has 0 aliphatic heterocycles. The van der Waals surface area contributed by atoms with Crippen LogP contribution in [-0.2, 0) is 9.22 Å². The second-order valence-electron chi connectivity index (χ2n) is 2.07. The van der Waals surface area contributed by atoms with Crippen molar-refractivity contribution in [3.05, 3.63) is 12.7 Å². The summed E-state index contributed by atoms with van der Waals surface area (Å²) in [6.45, 7) is 6.20. The molecule has 0 unspecified atom stereocenters. The van der Waals surface area contributed by atoms with Gasteiger partial charge in [0.1, 0.15) is 0 Å². The van der Waals surface area contributed by atoms with Crippen LogP contribution in [0.2, 0.25) is 13.1 Å². The van der Waals surface area contributed by atoms with Crippen LogP contribution in [0, 0.1) is 0 Å². The van der Waals surface area contributed by atoms with E-state index < -0.39 is 14.5 Å². The maximum Gasteiger partial charge on any atom is 0.392 e. The Morgan fingerprint density at radius 1 is 1.78 bits per heavy atom. The monoisotopic (exact) mass is 146 g/mol. The van der Waals surface area contributed by atoms with Crippen molar-refractivity contribution < 1.29 is 14.0 Å². The zero-order chi connectivity index (χ0) is 7.49. The summed E-state index contributed by atoms with van der Waals surface area (Å²) < 4.78 is 4.52. The van der Waals surface area contributed by atoms with Gasteiger partial charge in [0.05, 0.1) is 0 Å². The van der Waals surface area contributed by atoms with Crippen LogP contribution >= 0.6 is 0 Å². The van der Waals surface area contributed by atoms with Crippen molar-refractivity contribution in [3.63, 3.8) is 0 Å². The van der Waals surface area contributed by atoms with Crippen molar-refractivity contribution in [1.29, 1.82) is 0 Å². The molecule has 0 aliphatic rings. The van der Waals surface area contributed by atoms with E-state index in [0.717, 1.165) is 6.08 Å². The number of carbonyl (C=O) groups excluding carboxylic acids is 1. The number of hydrogen-bond donors (Lipinski definition) is 1. The van der Waals surface area contributed by atoms with E-state index in [9.17, 15) is 4.79 Å². The Hall–Kier alpha value is -0.613. The highest BCUT2D eigenvalue weighted by Crippen LogP contribution is 1.97. The van der Waals surface area contributed by atoms with Gasteiger partial charge in [0.2, 0.25) is 0 Å². The van der Waals surface area contributed by atoms with Crippen molar-refractivity contribution >= 4 is 14.5 Å². The largest absolute Gasteiger partial charge is 0.491 e. The Balaban J connectivity index is 3.74. The van der Waals surface area contributed by atoms with Crippen molar-refractivity contribution in [1.82, 2.24) is 0 Å². The van der Waals surface area contributed by atoms with Crippen molar-refractivity contribution in [3.8, 4) is 0 Å². The van der Waals surface area contributed by atoms with Gasteiger partial charge in [-0.05, 0) is 13.1 Å². The average Bonchev–Trinajstić information content (AvgIpc) is 1.62. The standard InChI is InChI=1S/C5H10O3Si/c1-4-5(6)8-9(2,3)7/h4,7H,1H2,2-3H3. The van der Waals surface area contributed by atoms with Gasteiger partial charge >= 0.3 is 14.5 Å². The third-order valence-corrected chi connectivity index (χ3v) is 1.22. The molecule has 1 N–H and O–H groups in total. The lowest BCUT2D eigenvalue weighted by atomic mass is 10.7. The quantitative estimate of drug-likeness (QED) is 0.453. The fourth-order valence-corrected chi connectivity index (χ4v) is 0.864. The molecule has 0 aromatic carbocycles. The highest BCUT2D eigenvalue weighted by atomic mass is 28.4. The Morgan fingerprint density at radius 2 is 2.22 bits per heavy atom. The molecule has 9 heavy (non-hydrogen) atoms. The van der Waals surface area contributed by atoms with Crippen molar-refractivity contribution in [2.24, 2.45) is 0 Å². The highest BCUT2D eigenvalue weighted by molar-refractivity contribution is 6.64. The predicted octanol–water partition coefficient (Wildman–Crippen LogP) is 0.410. The van der Waals surface area contributed by atoms with E-state index in [-0.39, 0.29) is 0 Å². The van der Waals surface area contributed by atoms with Crippen LogP contribution < -0.4 is 0 Å². The van der Waals surface area contributed by atoms with Gasteiger partial charge < -0.3 is 9.22 Å². The molecular formula is C5H10O3Si. The van der Waals surface area contributed by atoms with E-state index in [1.807, 2.05) is 0 Å². The summed E-state index contributed by atoms with van der Waals surface area (Å²) in [5.74, 6) is -0.561. The molecule has 0 rings (SSSR count). The minimum absolute atomic E-state index is 0.561. The lowest BCUT2D eigenvalue weighted by Gasteiger charge is -2.12. The van der Waals surface area contributed by atoms with E-state index in [0.29, 0.717) is 0 Å². The van der Waals surface area contributed by atoms with Crippen LogP contribution in [0.5, 0.6) is 0 Å². The molecule has 0 bridgehead atoms. The van der Waals surface area contributed by atoms with Gasteiger partial charge in [0.25, 0.3) is 0 Å². The highest BCUT2D eigenvalue weighted by Gasteiger charge is 2.22. The first-order chi connectivity index (χ1) is 3.95. The Labute approximate surface area is 55.2 Å². The van der Waals surface area contributed by atoms with Gasteiger partial charge in [0.15, 0.2) is 0 Å². The maximum atomic E-state index is 10.4. The number of rotatable bonds is 2. The summed E-state index contributed by atoms with van der Waals surface area (Å²) >= 11 is 0. The lowest BCUT2D eigenvalue weighted by molar-refractivity contribution is -0.130. The molecule has 4 heteroatoms. The average molecular weight is 146 g/mol. The van der Waals surface area contributed by atoms with E-state index in [2.05, 4.69) is 11.0 Å². The van der Waals surface area contributed by atoms with Crippen LogP contribution in [-0.4, -0.2) is 19.3 Å². The first-order valence-electron chi connectivity index (χ1n) is 2.53. The fourth-order valence-electron chi connectivity index (χ4n) is 0.288. The molecule has 0 spiro atoms. The summed E-state index contributed by atoms with van der Waals surface area (Å²) in [5.41, 5.74) is 0. The zero-order valence-corrected chi connectivity index (χ0v) is 6.55. The summed E-state index contributed by atoms with van der Waals surface area (Å²) in [5, 5.41) is 0. The SMILES string of the molecule is C=CC(=O)O[Si](C)(C)O. The van der Waals surface area contributed by atoms with Crippen LogP contribution in [0.15, 0.2) is 12.7 Å². The molecule has 0 amide bonds. The van der Waals surface area contributed by atoms with Gasteiger partial charge in [-0.3, -0.25) is 0 Å². The van der Waals surface area contributed by atoms with E-state index in [4.69, 9.17) is 4.80 Å². The second kappa shape index (κ2) is 2.79. The fraction of sp³-hybridized carbons (Fsp3) is 0.400. The smallest absolute Gasteiger partial charge is 0.392 e. The van der Waals surface area contributed by atoms with E-state index >= 15 is 0 Å². The first-order valence-corrected chi connectivity index (χ1v) is 5.39. The molecule has 0 atom stereocenters. The minimum atomic E-state index is -2.66. The Kier molecular flexibility index (Phi) is 2.60. The third-order valence-electron chi connectivity index (χ3n) is 0.517. The summed E-state index contributed by atoms with van der Waals surface area (Å²) in [6.07, 6.45) is 1.03. The molecular weight excluding hydrogens is 136 g/mol. The second-order valence-corrected chi connectivity index (χ2v) is 5.17.